The van der Waals surface area contributed by atoms with Crippen molar-refractivity contribution in [1.82, 2.24) is 29.3 Å². The van der Waals surface area contributed by atoms with E-state index in [4.69, 9.17) is 16.6 Å². The van der Waals surface area contributed by atoms with Crippen LogP contribution in [0, 0.1) is 6.92 Å². The molecule has 142 valence electrons. The smallest absolute Gasteiger partial charge is 0.142 e. The highest BCUT2D eigenvalue weighted by molar-refractivity contribution is 6.33. The Morgan fingerprint density at radius 2 is 1.93 bits per heavy atom. The number of rotatable bonds is 2. The lowest BCUT2D eigenvalue weighted by Gasteiger charge is -2.22. The topological polar surface area (TPSA) is 64.7 Å². The standard InChI is InChI=1S/C20H20ClN7/c1-13-24-25-18-7-8-27(9-10-28(13)18)19-11-14(15(21)12-22-19)20-23-16-5-3-4-6-17(16)26(20)2/h3-6,11-12H,7-10H2,1-2H3. The van der Waals surface area contributed by atoms with Gasteiger partial charge in [-0.1, -0.05) is 23.7 Å². The van der Waals surface area contributed by atoms with Gasteiger partial charge in [-0.05, 0) is 25.1 Å². The third-order valence-electron chi connectivity index (χ3n) is 5.40. The van der Waals surface area contributed by atoms with Gasteiger partial charge in [0.2, 0.25) is 0 Å². The molecule has 4 aromatic rings. The van der Waals surface area contributed by atoms with E-state index in [2.05, 4.69) is 35.3 Å². The van der Waals surface area contributed by atoms with Crippen molar-refractivity contribution in [3.63, 3.8) is 0 Å². The highest BCUT2D eigenvalue weighted by Crippen LogP contribution is 2.32. The lowest BCUT2D eigenvalue weighted by Crippen LogP contribution is -2.27. The molecule has 0 unspecified atom stereocenters. The molecule has 0 N–H and O–H groups in total. The summed E-state index contributed by atoms with van der Waals surface area (Å²) >= 11 is 6.52. The molecule has 7 nitrogen and oxygen atoms in total. The van der Waals surface area contributed by atoms with E-state index < -0.39 is 0 Å². The Kier molecular flexibility index (Phi) is 4.05. The number of halogens is 1. The van der Waals surface area contributed by atoms with Gasteiger partial charge in [-0.2, -0.15) is 0 Å². The normalized spacial score (nSPS) is 14.3. The van der Waals surface area contributed by atoms with Gasteiger partial charge in [0.15, 0.2) is 0 Å². The van der Waals surface area contributed by atoms with Crippen LogP contribution in [-0.4, -0.2) is 42.4 Å². The second kappa shape index (κ2) is 6.60. The van der Waals surface area contributed by atoms with Gasteiger partial charge in [0.1, 0.15) is 23.3 Å². The number of hydrogen-bond acceptors (Lipinski definition) is 5. The van der Waals surface area contributed by atoms with Crippen LogP contribution >= 0.6 is 11.6 Å². The van der Waals surface area contributed by atoms with Gasteiger partial charge in [-0.25, -0.2) is 9.97 Å². The van der Waals surface area contributed by atoms with Crippen LogP contribution in [0.2, 0.25) is 5.02 Å². The number of aryl methyl sites for hydroxylation is 2. The van der Waals surface area contributed by atoms with Gasteiger partial charge >= 0.3 is 0 Å². The summed E-state index contributed by atoms with van der Waals surface area (Å²) in [6.07, 6.45) is 2.56. The van der Waals surface area contributed by atoms with E-state index in [0.717, 1.165) is 65.9 Å². The van der Waals surface area contributed by atoms with Crippen molar-refractivity contribution in [2.75, 3.05) is 18.0 Å². The largest absolute Gasteiger partial charge is 0.354 e. The monoisotopic (exact) mass is 393 g/mol. The minimum Gasteiger partial charge on any atom is -0.354 e. The van der Waals surface area contributed by atoms with Gasteiger partial charge in [-0.3, -0.25) is 0 Å². The predicted molar refractivity (Wildman–Crippen MR) is 110 cm³/mol. The number of fused-ring (bicyclic) bond motifs is 2. The number of aromatic nitrogens is 6. The number of imidazole rings is 1. The molecule has 1 aromatic carbocycles. The first-order valence-electron chi connectivity index (χ1n) is 9.33. The minimum atomic E-state index is 0.602. The molecule has 8 heteroatoms. The van der Waals surface area contributed by atoms with E-state index in [-0.39, 0.29) is 0 Å². The van der Waals surface area contributed by atoms with Crippen molar-refractivity contribution in [3.05, 3.63) is 53.2 Å². The molecular weight excluding hydrogens is 374 g/mol. The van der Waals surface area contributed by atoms with Crippen LogP contribution in [0.1, 0.15) is 11.6 Å². The molecular formula is C20H20ClN7. The maximum absolute atomic E-state index is 6.52. The van der Waals surface area contributed by atoms with Gasteiger partial charge in [-0.15, -0.1) is 10.2 Å². The van der Waals surface area contributed by atoms with E-state index in [9.17, 15) is 0 Å². The Hall–Kier alpha value is -2.93. The van der Waals surface area contributed by atoms with Crippen LogP contribution in [0.25, 0.3) is 22.4 Å². The molecule has 5 rings (SSSR count). The summed E-state index contributed by atoms with van der Waals surface area (Å²) in [6, 6.07) is 10.1. The van der Waals surface area contributed by atoms with E-state index in [1.807, 2.05) is 38.2 Å². The van der Waals surface area contributed by atoms with Crippen molar-refractivity contribution in [3.8, 4) is 11.4 Å². The molecule has 0 spiro atoms. The van der Waals surface area contributed by atoms with E-state index >= 15 is 0 Å². The number of hydrogen-bond donors (Lipinski definition) is 0. The molecule has 0 atom stereocenters. The Labute approximate surface area is 167 Å². The van der Waals surface area contributed by atoms with Crippen LogP contribution in [0.4, 0.5) is 5.82 Å². The molecule has 1 aliphatic rings. The van der Waals surface area contributed by atoms with Crippen LogP contribution in [-0.2, 0) is 20.0 Å². The lowest BCUT2D eigenvalue weighted by atomic mass is 10.2. The van der Waals surface area contributed by atoms with Crippen molar-refractivity contribution in [2.45, 2.75) is 19.9 Å². The SMILES string of the molecule is Cc1nnc2n1CCN(c1cc(-c3nc4ccccc4n3C)c(Cl)cn1)CC2. The number of pyridine rings is 1. The Balaban J connectivity index is 1.52. The molecule has 4 heterocycles. The molecule has 28 heavy (non-hydrogen) atoms. The van der Waals surface area contributed by atoms with Crippen molar-refractivity contribution >= 4 is 28.5 Å². The Bertz CT molecular complexity index is 1180. The van der Waals surface area contributed by atoms with Crippen LogP contribution in [0.3, 0.4) is 0 Å². The summed E-state index contributed by atoms with van der Waals surface area (Å²) in [5, 5.41) is 9.08. The summed E-state index contributed by atoms with van der Waals surface area (Å²) in [5.41, 5.74) is 2.93. The molecule has 0 saturated heterocycles. The zero-order valence-electron chi connectivity index (χ0n) is 15.8. The Morgan fingerprint density at radius 1 is 1.07 bits per heavy atom. The molecule has 1 aliphatic heterocycles. The fraction of sp³-hybridized carbons (Fsp3) is 0.300. The average Bonchev–Trinajstić information content (AvgIpc) is 3.14. The minimum absolute atomic E-state index is 0.602. The summed E-state index contributed by atoms with van der Waals surface area (Å²) in [5.74, 6) is 3.74. The first-order valence-corrected chi connectivity index (χ1v) is 9.70. The molecule has 0 radical (unpaired) electrons. The number of nitrogens with zero attached hydrogens (tertiary/aromatic N) is 7. The van der Waals surface area contributed by atoms with E-state index in [1.165, 1.54) is 0 Å². The zero-order valence-corrected chi connectivity index (χ0v) is 16.6. The number of anilines is 1. The fourth-order valence-electron chi connectivity index (χ4n) is 3.86. The maximum atomic E-state index is 6.52. The van der Waals surface area contributed by atoms with Gasteiger partial charge in [0, 0.05) is 44.9 Å². The highest BCUT2D eigenvalue weighted by Gasteiger charge is 2.20. The van der Waals surface area contributed by atoms with Crippen molar-refractivity contribution in [1.29, 1.82) is 0 Å². The summed E-state index contributed by atoms with van der Waals surface area (Å²) in [7, 11) is 2.02. The third-order valence-corrected chi connectivity index (χ3v) is 5.71. The molecule has 3 aromatic heterocycles. The maximum Gasteiger partial charge on any atom is 0.142 e. The third kappa shape index (κ3) is 2.74. The molecule has 0 amide bonds. The highest BCUT2D eigenvalue weighted by atomic mass is 35.5. The van der Waals surface area contributed by atoms with Crippen LogP contribution < -0.4 is 4.90 Å². The molecule has 0 saturated carbocycles. The zero-order chi connectivity index (χ0) is 19.3. The quantitative estimate of drug-likeness (QED) is 0.523. The number of para-hydroxylation sites is 2. The van der Waals surface area contributed by atoms with Crippen molar-refractivity contribution in [2.24, 2.45) is 7.05 Å². The fourth-order valence-corrected chi connectivity index (χ4v) is 4.04. The summed E-state index contributed by atoms with van der Waals surface area (Å²) in [4.78, 5) is 11.7. The van der Waals surface area contributed by atoms with Gasteiger partial charge < -0.3 is 14.0 Å². The number of benzene rings is 1. The van der Waals surface area contributed by atoms with Crippen molar-refractivity contribution < 1.29 is 0 Å². The van der Waals surface area contributed by atoms with E-state index in [0.29, 0.717) is 5.02 Å². The molecule has 0 aliphatic carbocycles. The van der Waals surface area contributed by atoms with Gasteiger partial charge in [0.05, 0.1) is 16.1 Å². The Morgan fingerprint density at radius 3 is 2.79 bits per heavy atom. The van der Waals surface area contributed by atoms with Gasteiger partial charge in [0.25, 0.3) is 0 Å². The lowest BCUT2D eigenvalue weighted by molar-refractivity contribution is 0.665. The second-order valence-corrected chi connectivity index (χ2v) is 7.46. The predicted octanol–water partition coefficient (Wildman–Crippen LogP) is 3.25. The van der Waals surface area contributed by atoms with Crippen LogP contribution in [0.5, 0.6) is 0 Å². The summed E-state index contributed by atoms with van der Waals surface area (Å²) < 4.78 is 4.26. The first-order chi connectivity index (χ1) is 13.6. The first kappa shape index (κ1) is 17.2. The summed E-state index contributed by atoms with van der Waals surface area (Å²) in [6.45, 7) is 4.54. The van der Waals surface area contributed by atoms with Crippen LogP contribution in [0.15, 0.2) is 36.5 Å². The average molecular weight is 394 g/mol. The molecule has 0 bridgehead atoms. The second-order valence-electron chi connectivity index (χ2n) is 7.06. The molecule has 0 fully saturated rings. The van der Waals surface area contributed by atoms with E-state index in [1.54, 1.807) is 6.20 Å².